The van der Waals surface area contributed by atoms with Gasteiger partial charge in [0.25, 0.3) is 0 Å². The number of hydrogen-bond acceptors (Lipinski definition) is 4. The Morgan fingerprint density at radius 1 is 0.467 bits per heavy atom. The molecule has 4 heteroatoms. The normalized spacial score (nSPS) is 17.2. The lowest BCUT2D eigenvalue weighted by Gasteiger charge is -2.36. The van der Waals surface area contributed by atoms with E-state index in [9.17, 15) is 0 Å². The van der Waals surface area contributed by atoms with E-state index in [1.807, 2.05) is 0 Å². The number of rotatable bonds is 11. The number of hydrazine groups is 1. The summed E-state index contributed by atoms with van der Waals surface area (Å²) in [4.78, 5) is 0. The molecule has 288 valence electrons. The molecule has 11 rings (SSSR count). The molecule has 1 heterocycles. The Bertz CT molecular complexity index is 2900. The van der Waals surface area contributed by atoms with Crippen molar-refractivity contribution >= 4 is 22.1 Å². The fourth-order valence-electron chi connectivity index (χ4n) is 9.86. The predicted molar refractivity (Wildman–Crippen MR) is 247 cm³/mol. The van der Waals surface area contributed by atoms with Gasteiger partial charge in [0.1, 0.15) is 5.66 Å². The first kappa shape index (κ1) is 36.0. The van der Waals surface area contributed by atoms with Gasteiger partial charge in [-0.15, -0.1) is 0 Å². The molecule has 4 nitrogen and oxygen atoms in total. The topological polar surface area (TPSA) is 58.0 Å². The van der Waals surface area contributed by atoms with E-state index in [2.05, 4.69) is 246 Å². The van der Waals surface area contributed by atoms with E-state index in [0.29, 0.717) is 6.54 Å². The summed E-state index contributed by atoms with van der Waals surface area (Å²) in [5.74, 6) is 0. The van der Waals surface area contributed by atoms with Gasteiger partial charge in [-0.25, -0.2) is 5.43 Å². The smallest absolute Gasteiger partial charge is 0.128 e. The van der Waals surface area contributed by atoms with Crippen LogP contribution in [0.5, 0.6) is 0 Å². The fourth-order valence-corrected chi connectivity index (χ4v) is 9.86. The van der Waals surface area contributed by atoms with Crippen molar-refractivity contribution < 1.29 is 0 Å². The summed E-state index contributed by atoms with van der Waals surface area (Å²) in [6.45, 7) is 0.714. The number of benzene rings is 9. The van der Waals surface area contributed by atoms with Crippen molar-refractivity contribution in [1.29, 1.82) is 0 Å². The van der Waals surface area contributed by atoms with Crippen LogP contribution in [0.25, 0.3) is 33.0 Å². The predicted octanol–water partition coefficient (Wildman–Crippen LogP) is 12.4. The van der Waals surface area contributed by atoms with E-state index < -0.39 is 11.1 Å². The van der Waals surface area contributed by atoms with Crippen LogP contribution in [0.15, 0.2) is 224 Å². The zero-order valence-electron chi connectivity index (χ0n) is 33.1. The lowest BCUT2D eigenvalue weighted by atomic mass is 9.65. The van der Waals surface area contributed by atoms with Gasteiger partial charge in [0.15, 0.2) is 0 Å². The summed E-state index contributed by atoms with van der Waals surface area (Å²) in [6, 6.07) is 81.4. The molecule has 2 aliphatic rings. The summed E-state index contributed by atoms with van der Waals surface area (Å²) in [6.07, 6.45) is 0. The van der Waals surface area contributed by atoms with E-state index in [1.165, 1.54) is 72.0 Å². The molecule has 2 atom stereocenters. The Hall–Kier alpha value is -7.08. The molecule has 1 fully saturated rings. The third-order valence-corrected chi connectivity index (χ3v) is 12.6. The third-order valence-electron chi connectivity index (χ3n) is 12.6. The van der Waals surface area contributed by atoms with Gasteiger partial charge in [-0.2, -0.15) is 0 Å². The highest BCUT2D eigenvalue weighted by molar-refractivity contribution is 6.15. The second-order valence-electron chi connectivity index (χ2n) is 15.9. The average molecular weight is 773 g/mol. The molecule has 1 aliphatic carbocycles. The maximum Gasteiger partial charge on any atom is 0.128 e. The highest BCUT2D eigenvalue weighted by Crippen LogP contribution is 2.62. The molecular weight excluding hydrogens is 729 g/mol. The molecule has 0 bridgehead atoms. The van der Waals surface area contributed by atoms with Crippen molar-refractivity contribution in [2.45, 2.75) is 23.7 Å². The van der Waals surface area contributed by atoms with Gasteiger partial charge in [-0.3, -0.25) is 10.7 Å². The second kappa shape index (κ2) is 14.9. The first-order chi connectivity index (χ1) is 29.8. The fraction of sp³-hybridized carbons (Fsp3) is 0.0714. The lowest BCUT2D eigenvalue weighted by Crippen LogP contribution is -2.43. The molecule has 9 aromatic rings. The molecule has 9 aromatic carbocycles. The highest BCUT2D eigenvalue weighted by atomic mass is 15.5. The van der Waals surface area contributed by atoms with Gasteiger partial charge in [0.05, 0.1) is 17.1 Å². The molecule has 0 amide bonds. The van der Waals surface area contributed by atoms with Crippen molar-refractivity contribution in [3.05, 3.63) is 263 Å². The van der Waals surface area contributed by atoms with Gasteiger partial charge >= 0.3 is 0 Å². The summed E-state index contributed by atoms with van der Waals surface area (Å²) >= 11 is 0. The minimum absolute atomic E-state index is 0.0776. The van der Waals surface area contributed by atoms with Crippen molar-refractivity contribution in [2.24, 2.45) is 0 Å². The minimum atomic E-state index is -0.579. The molecule has 0 saturated carbocycles. The van der Waals surface area contributed by atoms with Crippen molar-refractivity contribution in [2.75, 3.05) is 5.32 Å². The van der Waals surface area contributed by atoms with Gasteiger partial charge in [0, 0.05) is 23.2 Å². The van der Waals surface area contributed by atoms with Crippen molar-refractivity contribution in [3.63, 3.8) is 0 Å². The molecule has 0 radical (unpaired) electrons. The first-order valence-corrected chi connectivity index (χ1v) is 20.9. The molecule has 60 heavy (non-hydrogen) atoms. The van der Waals surface area contributed by atoms with E-state index in [-0.39, 0.29) is 6.04 Å². The Morgan fingerprint density at radius 3 is 1.65 bits per heavy atom. The van der Waals surface area contributed by atoms with Gasteiger partial charge in [-0.1, -0.05) is 212 Å². The zero-order valence-corrected chi connectivity index (χ0v) is 33.1. The van der Waals surface area contributed by atoms with Crippen LogP contribution >= 0.6 is 0 Å². The Balaban J connectivity index is 1.06. The number of hydrogen-bond donors (Lipinski definition) is 4. The summed E-state index contributed by atoms with van der Waals surface area (Å²) in [7, 11) is 0. The van der Waals surface area contributed by atoms with Crippen LogP contribution in [0.2, 0.25) is 0 Å². The second-order valence-corrected chi connectivity index (χ2v) is 15.9. The molecule has 1 unspecified atom stereocenters. The van der Waals surface area contributed by atoms with Crippen LogP contribution in [0.4, 0.5) is 11.4 Å². The maximum absolute atomic E-state index is 4.05. The summed E-state index contributed by atoms with van der Waals surface area (Å²) in [5, 5.41) is 10.3. The third kappa shape index (κ3) is 5.88. The van der Waals surface area contributed by atoms with Crippen LogP contribution in [0.3, 0.4) is 0 Å². The molecule has 1 saturated heterocycles. The Morgan fingerprint density at radius 2 is 1.00 bits per heavy atom. The van der Waals surface area contributed by atoms with E-state index in [1.54, 1.807) is 0 Å². The van der Waals surface area contributed by atoms with Crippen LogP contribution in [-0.4, -0.2) is 0 Å². The van der Waals surface area contributed by atoms with Crippen LogP contribution in [0, 0.1) is 0 Å². The van der Waals surface area contributed by atoms with Crippen molar-refractivity contribution in [3.8, 4) is 22.3 Å². The molecule has 4 N–H and O–H groups in total. The maximum atomic E-state index is 4.05. The SMILES string of the molecule is c1ccc(CNN[C@]2(c3ccccc3)NC2c2ccc(Nc3c(-c4ccccc4)c4c(c5ccccc35)-c3ccccc3C4(c3ccccc3)c3ccccc3)cc2)cc1. The molecule has 1 aliphatic heterocycles. The summed E-state index contributed by atoms with van der Waals surface area (Å²) < 4.78 is 0. The van der Waals surface area contributed by atoms with Gasteiger partial charge in [0.2, 0.25) is 0 Å². The van der Waals surface area contributed by atoms with Gasteiger partial charge in [-0.05, 0) is 73.2 Å². The number of anilines is 2. The number of fused-ring (bicyclic) bond motifs is 5. The quantitative estimate of drug-likeness (QED) is 0.0781. The van der Waals surface area contributed by atoms with E-state index in [4.69, 9.17) is 0 Å². The number of nitrogens with one attached hydrogen (secondary N) is 4. The Labute approximate surface area is 351 Å². The van der Waals surface area contributed by atoms with Crippen LogP contribution < -0.4 is 21.5 Å². The Kier molecular flexibility index (Phi) is 8.97. The van der Waals surface area contributed by atoms with Crippen LogP contribution in [0.1, 0.15) is 45.0 Å². The van der Waals surface area contributed by atoms with Gasteiger partial charge < -0.3 is 5.32 Å². The van der Waals surface area contributed by atoms with Crippen molar-refractivity contribution in [1.82, 2.24) is 16.2 Å². The van der Waals surface area contributed by atoms with E-state index in [0.717, 1.165) is 11.4 Å². The molecule has 0 aromatic heterocycles. The molecule has 0 spiro atoms. The van der Waals surface area contributed by atoms with E-state index >= 15 is 0 Å². The summed E-state index contributed by atoms with van der Waals surface area (Å²) in [5.41, 5.74) is 22.0. The highest BCUT2D eigenvalue weighted by Gasteiger charge is 2.56. The standard InChI is InChI=1S/C56H44N4/c1-6-20-39(21-7-1)38-57-60-56(44-28-14-5-15-29-44)54(59-56)41-34-36-45(37-35-41)58-53-47-31-17-16-30-46(47)51-48-32-18-19-33-49(48)55(42-24-10-3-11-25-42,43-26-12-4-13-27-43)52(51)50(53)40-22-8-2-9-23-40/h1-37,54,57-60H,38H2/t54?,56-/m0/s1. The lowest BCUT2D eigenvalue weighted by molar-refractivity contribution is 0.401. The monoisotopic (exact) mass is 772 g/mol. The van der Waals surface area contributed by atoms with Crippen LogP contribution in [-0.2, 0) is 17.6 Å². The largest absolute Gasteiger partial charge is 0.355 e. The minimum Gasteiger partial charge on any atom is -0.355 e. The first-order valence-electron chi connectivity index (χ1n) is 20.9. The average Bonchev–Trinajstić information content (AvgIpc) is 3.98. The zero-order chi connectivity index (χ0) is 39.9. The molecular formula is C56H44N4.